The van der Waals surface area contributed by atoms with Gasteiger partial charge >= 0.3 is 0 Å². The van der Waals surface area contributed by atoms with Crippen LogP contribution in [0.4, 0.5) is 0 Å². The average Bonchev–Trinajstić information content (AvgIpc) is 2.97. The quantitative estimate of drug-likeness (QED) is 0.128. The Morgan fingerprint density at radius 1 is 0.475 bits per heavy atom. The third-order valence-corrected chi connectivity index (χ3v) is 8.08. The molecule has 0 aromatic heterocycles. The number of hydrogen-bond donors (Lipinski definition) is 0. The van der Waals surface area contributed by atoms with Crippen molar-refractivity contribution in [2.24, 2.45) is 0 Å². The van der Waals surface area contributed by atoms with Gasteiger partial charge in [-0.05, 0) is 81.9 Å². The molecule has 0 atom stereocenters. The van der Waals surface area contributed by atoms with Crippen LogP contribution in [0.3, 0.4) is 0 Å². The molecule has 0 amide bonds. The first-order valence-electron chi connectivity index (χ1n) is 14.2. The maximum Gasteiger partial charge on any atom is 0.134 e. The van der Waals surface area contributed by atoms with Crippen molar-refractivity contribution in [1.29, 1.82) is 0 Å². The summed E-state index contributed by atoms with van der Waals surface area (Å²) in [6, 6.07) is 29.3. The van der Waals surface area contributed by atoms with Crippen molar-refractivity contribution in [2.45, 2.75) is 39.5 Å². The van der Waals surface area contributed by atoms with Crippen LogP contribution in [0.2, 0.25) is 10.0 Å². The first-order chi connectivity index (χ1) is 19.6. The van der Waals surface area contributed by atoms with Crippen LogP contribution in [-0.4, -0.2) is 13.2 Å². The Morgan fingerprint density at radius 3 is 1.25 bits per heavy atom. The van der Waals surface area contributed by atoms with E-state index in [-0.39, 0.29) is 0 Å². The van der Waals surface area contributed by atoms with Crippen molar-refractivity contribution in [1.82, 2.24) is 0 Å². The van der Waals surface area contributed by atoms with Gasteiger partial charge in [-0.25, -0.2) is 0 Å². The summed E-state index contributed by atoms with van der Waals surface area (Å²) in [5.74, 6) is 1.82. The van der Waals surface area contributed by atoms with Gasteiger partial charge in [0, 0.05) is 31.6 Å². The maximum absolute atomic E-state index is 6.68. The molecule has 40 heavy (non-hydrogen) atoms. The zero-order chi connectivity index (χ0) is 27.6. The van der Waals surface area contributed by atoms with E-state index in [0.29, 0.717) is 23.3 Å². The number of unbranched alkanes of at least 4 members (excludes halogenated alkanes) is 2. The van der Waals surface area contributed by atoms with E-state index in [4.69, 9.17) is 32.7 Å². The molecule has 0 N–H and O–H groups in total. The van der Waals surface area contributed by atoms with Gasteiger partial charge in [0.2, 0.25) is 0 Å². The molecule has 0 saturated heterocycles. The molecular formula is C36H32Cl2O2. The van der Waals surface area contributed by atoms with Crippen LogP contribution < -0.4 is 9.47 Å². The lowest BCUT2D eigenvalue weighted by molar-refractivity contribution is 0.316. The van der Waals surface area contributed by atoms with Gasteiger partial charge in [-0.2, -0.15) is 0 Å². The lowest BCUT2D eigenvalue weighted by Gasteiger charge is -2.22. The van der Waals surface area contributed by atoms with E-state index < -0.39 is 0 Å². The lowest BCUT2D eigenvalue weighted by Crippen LogP contribution is -2.01. The lowest BCUT2D eigenvalue weighted by atomic mass is 9.85. The van der Waals surface area contributed by atoms with Gasteiger partial charge in [0.25, 0.3) is 0 Å². The SMILES string of the molecule is CCCCOc1c2ccccc2c(-c2c3ccccc3c(OCCCC)c3ccc(Cl)cc23)c2cc(Cl)ccc12. The highest BCUT2D eigenvalue weighted by Gasteiger charge is 2.22. The van der Waals surface area contributed by atoms with Crippen LogP contribution in [0.5, 0.6) is 11.5 Å². The van der Waals surface area contributed by atoms with Gasteiger partial charge in [0.1, 0.15) is 11.5 Å². The minimum Gasteiger partial charge on any atom is -0.492 e. The largest absolute Gasteiger partial charge is 0.492 e. The van der Waals surface area contributed by atoms with Crippen molar-refractivity contribution in [3.63, 3.8) is 0 Å². The first kappa shape index (κ1) is 26.7. The summed E-state index contributed by atoms with van der Waals surface area (Å²) in [7, 11) is 0. The monoisotopic (exact) mass is 566 g/mol. The Morgan fingerprint density at radius 2 is 0.850 bits per heavy atom. The number of rotatable bonds is 9. The van der Waals surface area contributed by atoms with Crippen LogP contribution in [0, 0.1) is 0 Å². The van der Waals surface area contributed by atoms with Gasteiger partial charge in [-0.15, -0.1) is 0 Å². The molecule has 0 heterocycles. The number of ether oxygens (including phenoxy) is 2. The maximum atomic E-state index is 6.68. The molecular weight excluding hydrogens is 535 g/mol. The van der Waals surface area contributed by atoms with Crippen molar-refractivity contribution in [3.8, 4) is 22.6 Å². The predicted molar refractivity (Wildman–Crippen MR) is 173 cm³/mol. The van der Waals surface area contributed by atoms with Crippen molar-refractivity contribution >= 4 is 66.3 Å². The molecule has 0 spiro atoms. The summed E-state index contributed by atoms with van der Waals surface area (Å²) in [6.07, 6.45) is 4.15. The average molecular weight is 568 g/mol. The molecule has 6 rings (SSSR count). The van der Waals surface area contributed by atoms with Crippen LogP contribution in [0.1, 0.15) is 39.5 Å². The number of halogens is 2. The second-order valence-corrected chi connectivity index (χ2v) is 11.2. The van der Waals surface area contributed by atoms with Crippen molar-refractivity contribution in [2.75, 3.05) is 13.2 Å². The normalized spacial score (nSPS) is 11.6. The van der Waals surface area contributed by atoms with Gasteiger partial charge in [0.15, 0.2) is 0 Å². The third-order valence-electron chi connectivity index (χ3n) is 7.61. The minimum atomic E-state index is 0.669. The fraction of sp³-hybridized carbons (Fsp3) is 0.222. The molecule has 6 aromatic rings. The standard InChI is InChI=1S/C36H32Cl2O2/c1-3-5-19-39-35-27-13-9-7-11-25(27)33(31-21-23(37)15-17-29(31)35)34-26-12-8-10-14-28(26)36(40-20-6-4-2)30-18-16-24(38)22-32(30)34/h7-18,21-22H,3-6,19-20H2,1-2H3. The molecule has 0 fully saturated rings. The van der Waals surface area contributed by atoms with E-state index >= 15 is 0 Å². The van der Waals surface area contributed by atoms with Crippen LogP contribution in [0.15, 0.2) is 84.9 Å². The van der Waals surface area contributed by atoms with Gasteiger partial charge < -0.3 is 9.47 Å². The smallest absolute Gasteiger partial charge is 0.134 e. The zero-order valence-electron chi connectivity index (χ0n) is 22.9. The summed E-state index contributed by atoms with van der Waals surface area (Å²) in [5.41, 5.74) is 2.25. The molecule has 0 aliphatic heterocycles. The minimum absolute atomic E-state index is 0.669. The second kappa shape index (κ2) is 11.6. The highest BCUT2D eigenvalue weighted by Crippen LogP contribution is 2.50. The molecule has 6 aromatic carbocycles. The molecule has 0 radical (unpaired) electrons. The fourth-order valence-electron chi connectivity index (χ4n) is 5.71. The molecule has 2 nitrogen and oxygen atoms in total. The summed E-state index contributed by atoms with van der Waals surface area (Å²) < 4.78 is 13.0. The number of fused-ring (bicyclic) bond motifs is 4. The van der Waals surface area contributed by atoms with Gasteiger partial charge in [-0.3, -0.25) is 0 Å². The van der Waals surface area contributed by atoms with E-state index in [0.717, 1.165) is 91.4 Å². The van der Waals surface area contributed by atoms with Crippen molar-refractivity contribution in [3.05, 3.63) is 95.0 Å². The Hall–Kier alpha value is -3.46. The molecule has 4 heteroatoms. The molecule has 0 aliphatic rings. The first-order valence-corrected chi connectivity index (χ1v) is 14.9. The summed E-state index contributed by atoms with van der Waals surface area (Å²) >= 11 is 13.4. The van der Waals surface area contributed by atoms with E-state index in [9.17, 15) is 0 Å². The zero-order valence-corrected chi connectivity index (χ0v) is 24.4. The number of hydrogen-bond acceptors (Lipinski definition) is 2. The van der Waals surface area contributed by atoms with E-state index in [2.05, 4.69) is 86.6 Å². The third kappa shape index (κ3) is 4.74. The summed E-state index contributed by atoms with van der Waals surface area (Å²) in [5, 5.41) is 10.0. The molecule has 0 aliphatic carbocycles. The Kier molecular flexibility index (Phi) is 7.74. The molecule has 0 bridgehead atoms. The second-order valence-electron chi connectivity index (χ2n) is 10.3. The highest BCUT2D eigenvalue weighted by molar-refractivity contribution is 6.34. The Bertz CT molecular complexity index is 1720. The van der Waals surface area contributed by atoms with E-state index in [1.807, 2.05) is 12.1 Å². The van der Waals surface area contributed by atoms with E-state index in [1.165, 1.54) is 0 Å². The Balaban J connectivity index is 1.79. The molecule has 202 valence electrons. The Labute approximate surface area is 245 Å². The van der Waals surface area contributed by atoms with Crippen LogP contribution >= 0.6 is 23.2 Å². The number of benzene rings is 6. The van der Waals surface area contributed by atoms with Crippen molar-refractivity contribution < 1.29 is 9.47 Å². The van der Waals surface area contributed by atoms with Gasteiger partial charge in [-0.1, -0.05) is 98.4 Å². The fourth-order valence-corrected chi connectivity index (χ4v) is 6.05. The van der Waals surface area contributed by atoms with Crippen LogP contribution in [-0.2, 0) is 0 Å². The van der Waals surface area contributed by atoms with E-state index in [1.54, 1.807) is 0 Å². The highest BCUT2D eigenvalue weighted by atomic mass is 35.5. The van der Waals surface area contributed by atoms with Crippen LogP contribution in [0.25, 0.3) is 54.2 Å². The summed E-state index contributed by atoms with van der Waals surface area (Å²) in [4.78, 5) is 0. The van der Waals surface area contributed by atoms with Gasteiger partial charge in [0.05, 0.1) is 13.2 Å². The predicted octanol–water partition coefficient (Wildman–Crippen LogP) is 11.6. The molecule has 0 unspecified atom stereocenters. The summed E-state index contributed by atoms with van der Waals surface area (Å²) in [6.45, 7) is 5.70. The molecule has 0 saturated carbocycles. The topological polar surface area (TPSA) is 18.5 Å².